The van der Waals surface area contributed by atoms with E-state index in [1.54, 1.807) is 18.3 Å². The van der Waals surface area contributed by atoms with Gasteiger partial charge in [0.1, 0.15) is 5.82 Å². The van der Waals surface area contributed by atoms with Crippen molar-refractivity contribution in [1.82, 2.24) is 10.2 Å². The number of carbonyl (C=O) groups is 1. The Morgan fingerprint density at radius 3 is 2.89 bits per heavy atom. The Bertz CT molecular complexity index is 624. The van der Waals surface area contributed by atoms with Gasteiger partial charge in [0.15, 0.2) is 0 Å². The van der Waals surface area contributed by atoms with E-state index in [1.165, 1.54) is 0 Å². The van der Waals surface area contributed by atoms with Crippen LogP contribution in [0, 0.1) is 0 Å². The third kappa shape index (κ3) is 1.87. The Hall–Kier alpha value is -1.52. The quantitative estimate of drug-likeness (QED) is 0.843. The molecule has 2 aromatic rings. The number of aromatic amines is 1. The number of amides is 1. The summed E-state index contributed by atoms with van der Waals surface area (Å²) in [6, 6.07) is 5.31. The summed E-state index contributed by atoms with van der Waals surface area (Å²) in [7, 11) is 0. The maximum Gasteiger partial charge on any atom is 0.226 e. The van der Waals surface area contributed by atoms with Crippen molar-refractivity contribution < 1.29 is 4.79 Å². The van der Waals surface area contributed by atoms with Crippen LogP contribution in [0.15, 0.2) is 24.4 Å². The van der Waals surface area contributed by atoms with Crippen LogP contribution in [-0.2, 0) is 4.79 Å². The van der Waals surface area contributed by atoms with Crippen molar-refractivity contribution in [3.05, 3.63) is 45.6 Å². The Balaban J connectivity index is 2.10. The predicted octanol–water partition coefficient (Wildman–Crippen LogP) is 3.19. The molecule has 1 aromatic carbocycles. The van der Waals surface area contributed by atoms with Gasteiger partial charge >= 0.3 is 0 Å². The summed E-state index contributed by atoms with van der Waals surface area (Å²) in [5, 5.41) is 10.6. The van der Waals surface area contributed by atoms with E-state index >= 15 is 0 Å². The van der Waals surface area contributed by atoms with Crippen molar-refractivity contribution in [3.63, 3.8) is 0 Å². The molecule has 0 saturated heterocycles. The number of carbonyl (C=O) groups excluding carboxylic acids is 1. The van der Waals surface area contributed by atoms with Crippen LogP contribution < -0.4 is 5.32 Å². The Morgan fingerprint density at radius 2 is 2.11 bits per heavy atom. The van der Waals surface area contributed by atoms with E-state index in [9.17, 15) is 4.79 Å². The third-order valence-corrected chi connectivity index (χ3v) is 3.60. The number of anilines is 1. The fourth-order valence-corrected chi connectivity index (χ4v) is 2.75. The minimum absolute atomic E-state index is 0.0530. The second kappa shape index (κ2) is 4.30. The molecule has 1 amide bonds. The van der Waals surface area contributed by atoms with Gasteiger partial charge in [0.05, 0.1) is 6.20 Å². The maximum atomic E-state index is 11.7. The molecule has 1 aliphatic rings. The SMILES string of the molecule is O=C1C[C@H](c2ccc(Cl)cc2Cl)c2cn[nH]c2N1. The molecular weight excluding hydrogens is 273 g/mol. The van der Waals surface area contributed by atoms with Gasteiger partial charge in [-0.2, -0.15) is 5.10 Å². The summed E-state index contributed by atoms with van der Waals surface area (Å²) in [4.78, 5) is 11.7. The highest BCUT2D eigenvalue weighted by molar-refractivity contribution is 6.35. The molecule has 0 spiro atoms. The molecule has 3 rings (SSSR count). The monoisotopic (exact) mass is 281 g/mol. The minimum Gasteiger partial charge on any atom is -0.311 e. The zero-order valence-electron chi connectivity index (χ0n) is 9.21. The highest BCUT2D eigenvalue weighted by Crippen LogP contribution is 2.39. The molecule has 0 fully saturated rings. The molecule has 0 unspecified atom stereocenters. The number of nitrogens with one attached hydrogen (secondary N) is 2. The zero-order valence-corrected chi connectivity index (χ0v) is 10.7. The summed E-state index contributed by atoms with van der Waals surface area (Å²) >= 11 is 12.1. The van der Waals surface area contributed by atoms with Gasteiger partial charge in [-0.25, -0.2) is 0 Å². The van der Waals surface area contributed by atoms with Gasteiger partial charge < -0.3 is 5.32 Å². The summed E-state index contributed by atoms with van der Waals surface area (Å²) in [6.07, 6.45) is 2.07. The lowest BCUT2D eigenvalue weighted by Crippen LogP contribution is -2.23. The topological polar surface area (TPSA) is 57.8 Å². The van der Waals surface area contributed by atoms with E-state index in [0.29, 0.717) is 22.3 Å². The molecule has 0 aliphatic carbocycles. The molecule has 18 heavy (non-hydrogen) atoms. The van der Waals surface area contributed by atoms with E-state index in [2.05, 4.69) is 15.5 Å². The second-order valence-electron chi connectivity index (χ2n) is 4.17. The summed E-state index contributed by atoms with van der Waals surface area (Å²) in [5.74, 6) is 0.502. The number of halogens is 2. The van der Waals surface area contributed by atoms with Crippen molar-refractivity contribution in [2.24, 2.45) is 0 Å². The number of hydrogen-bond donors (Lipinski definition) is 2. The normalized spacial score (nSPS) is 18.3. The second-order valence-corrected chi connectivity index (χ2v) is 5.01. The fraction of sp³-hybridized carbons (Fsp3) is 0.167. The third-order valence-electron chi connectivity index (χ3n) is 3.04. The average molecular weight is 282 g/mol. The van der Waals surface area contributed by atoms with E-state index in [1.807, 2.05) is 6.07 Å². The van der Waals surface area contributed by atoms with Crippen molar-refractivity contribution >= 4 is 34.9 Å². The van der Waals surface area contributed by atoms with Gasteiger partial charge in [0.25, 0.3) is 0 Å². The lowest BCUT2D eigenvalue weighted by atomic mass is 9.87. The molecule has 6 heteroatoms. The van der Waals surface area contributed by atoms with Crippen molar-refractivity contribution in [2.45, 2.75) is 12.3 Å². The summed E-state index contributed by atoms with van der Waals surface area (Å²) in [6.45, 7) is 0. The van der Waals surface area contributed by atoms with Crippen molar-refractivity contribution in [3.8, 4) is 0 Å². The Kier molecular flexibility index (Phi) is 2.76. The smallest absolute Gasteiger partial charge is 0.226 e. The van der Waals surface area contributed by atoms with Gasteiger partial charge in [0.2, 0.25) is 5.91 Å². The van der Waals surface area contributed by atoms with Crippen LogP contribution in [0.1, 0.15) is 23.5 Å². The van der Waals surface area contributed by atoms with Gasteiger partial charge in [-0.15, -0.1) is 0 Å². The van der Waals surface area contributed by atoms with Crippen LogP contribution in [0.3, 0.4) is 0 Å². The fourth-order valence-electron chi connectivity index (χ4n) is 2.21. The highest BCUT2D eigenvalue weighted by atomic mass is 35.5. The first kappa shape index (κ1) is 11.6. The molecule has 4 nitrogen and oxygen atoms in total. The number of benzene rings is 1. The number of H-pyrrole nitrogens is 1. The number of hydrogen-bond acceptors (Lipinski definition) is 2. The minimum atomic E-state index is -0.0859. The number of fused-ring (bicyclic) bond motifs is 1. The van der Waals surface area contributed by atoms with Crippen LogP contribution in [0.5, 0.6) is 0 Å². The molecule has 1 aromatic heterocycles. The first-order valence-electron chi connectivity index (χ1n) is 5.43. The summed E-state index contributed by atoms with van der Waals surface area (Å²) < 4.78 is 0. The van der Waals surface area contributed by atoms with Gasteiger partial charge in [0, 0.05) is 27.9 Å². The molecule has 0 saturated carbocycles. The molecule has 0 radical (unpaired) electrons. The largest absolute Gasteiger partial charge is 0.311 e. The molecule has 92 valence electrons. The first-order valence-corrected chi connectivity index (χ1v) is 6.19. The lowest BCUT2D eigenvalue weighted by Gasteiger charge is -2.23. The maximum absolute atomic E-state index is 11.7. The van der Waals surface area contributed by atoms with Gasteiger partial charge in [-0.3, -0.25) is 9.89 Å². The average Bonchev–Trinajstić information content (AvgIpc) is 2.76. The zero-order chi connectivity index (χ0) is 12.7. The Morgan fingerprint density at radius 1 is 1.28 bits per heavy atom. The lowest BCUT2D eigenvalue weighted by molar-refractivity contribution is -0.116. The van der Waals surface area contributed by atoms with Crippen LogP contribution in [0.25, 0.3) is 0 Å². The van der Waals surface area contributed by atoms with Crippen LogP contribution in [0.4, 0.5) is 5.82 Å². The standard InChI is InChI=1S/C12H9Cl2N3O/c13-6-1-2-7(10(14)3-6)8-4-11(18)16-12-9(8)5-15-17-12/h1-3,5,8H,4H2,(H2,15,16,17,18)/t8-/m1/s1. The highest BCUT2D eigenvalue weighted by Gasteiger charge is 2.29. The van der Waals surface area contributed by atoms with Crippen LogP contribution in [0.2, 0.25) is 10.0 Å². The molecule has 1 aliphatic heterocycles. The van der Waals surface area contributed by atoms with Crippen LogP contribution in [-0.4, -0.2) is 16.1 Å². The molecule has 1 atom stereocenters. The number of nitrogens with zero attached hydrogens (tertiary/aromatic N) is 1. The molecule has 0 bridgehead atoms. The van der Waals surface area contributed by atoms with Gasteiger partial charge in [-0.1, -0.05) is 29.3 Å². The van der Waals surface area contributed by atoms with E-state index in [4.69, 9.17) is 23.2 Å². The van der Waals surface area contributed by atoms with Gasteiger partial charge in [-0.05, 0) is 17.7 Å². The number of rotatable bonds is 1. The summed E-state index contributed by atoms with van der Waals surface area (Å²) in [5.41, 5.74) is 1.83. The van der Waals surface area contributed by atoms with Crippen LogP contribution >= 0.6 is 23.2 Å². The van der Waals surface area contributed by atoms with E-state index in [-0.39, 0.29) is 11.8 Å². The van der Waals surface area contributed by atoms with E-state index < -0.39 is 0 Å². The first-order chi connectivity index (χ1) is 8.65. The predicted molar refractivity (Wildman–Crippen MR) is 70.1 cm³/mol. The molecule has 2 N–H and O–H groups in total. The molecular formula is C12H9Cl2N3O. The number of aromatic nitrogens is 2. The van der Waals surface area contributed by atoms with Crippen molar-refractivity contribution in [1.29, 1.82) is 0 Å². The Labute approximate surface area is 113 Å². The molecule has 2 heterocycles. The van der Waals surface area contributed by atoms with Crippen molar-refractivity contribution in [2.75, 3.05) is 5.32 Å². The van der Waals surface area contributed by atoms with E-state index in [0.717, 1.165) is 11.1 Å².